The van der Waals surface area contributed by atoms with Crippen LogP contribution in [0, 0.1) is 0 Å². The Balaban J connectivity index is 1.22. The number of pyridine rings is 1. The molecule has 1 saturated heterocycles. The van der Waals surface area contributed by atoms with Crippen molar-refractivity contribution in [2.24, 2.45) is 0 Å². The van der Waals surface area contributed by atoms with Gasteiger partial charge in [0.25, 0.3) is 0 Å². The summed E-state index contributed by atoms with van der Waals surface area (Å²) in [7, 11) is 0. The van der Waals surface area contributed by atoms with Crippen molar-refractivity contribution in [3.8, 4) is 5.75 Å². The van der Waals surface area contributed by atoms with E-state index in [2.05, 4.69) is 15.1 Å². The summed E-state index contributed by atoms with van der Waals surface area (Å²) in [6, 6.07) is 11.4. The van der Waals surface area contributed by atoms with Gasteiger partial charge in [-0.2, -0.15) is 0 Å². The quantitative estimate of drug-likeness (QED) is 0.498. The molecule has 2 aromatic heterocycles. The van der Waals surface area contributed by atoms with Crippen LogP contribution in [-0.4, -0.2) is 75.4 Å². The number of carbonyl (C=O) groups excluding carboxylic acids is 1. The van der Waals surface area contributed by atoms with Crippen molar-refractivity contribution in [3.05, 3.63) is 52.6 Å². The van der Waals surface area contributed by atoms with Gasteiger partial charge >= 0.3 is 0 Å². The third-order valence-corrected chi connectivity index (χ3v) is 6.28. The van der Waals surface area contributed by atoms with Gasteiger partial charge in [-0.3, -0.25) is 14.1 Å². The second kappa shape index (κ2) is 9.87. The standard InChI is InChI=1S/C20H21Cl2N5O2S/c21-15-12-17(22)19-23-24-20(27(19)13-15)30-14-18(28)26-8-6-25(7-9-26)10-11-29-16-4-2-1-3-5-16/h1-5,12-13H,6-11,14H2. The van der Waals surface area contributed by atoms with Crippen molar-refractivity contribution >= 4 is 46.5 Å². The fraction of sp³-hybridized carbons (Fsp3) is 0.350. The number of nitrogens with zero attached hydrogens (tertiary/aromatic N) is 5. The predicted molar refractivity (Wildman–Crippen MR) is 119 cm³/mol. The number of carbonyl (C=O) groups is 1. The molecule has 0 bridgehead atoms. The molecule has 0 saturated carbocycles. The Morgan fingerprint density at radius 2 is 1.87 bits per heavy atom. The summed E-state index contributed by atoms with van der Waals surface area (Å²) >= 11 is 13.5. The predicted octanol–water partition coefficient (Wildman–Crippen LogP) is 3.35. The Kier molecular flexibility index (Phi) is 6.99. The molecule has 0 atom stereocenters. The zero-order valence-electron chi connectivity index (χ0n) is 16.2. The topological polar surface area (TPSA) is 63.0 Å². The molecule has 1 aromatic carbocycles. The molecule has 158 valence electrons. The van der Waals surface area contributed by atoms with Crippen LogP contribution in [0.2, 0.25) is 10.0 Å². The van der Waals surface area contributed by atoms with Crippen LogP contribution in [0.4, 0.5) is 0 Å². The van der Waals surface area contributed by atoms with Gasteiger partial charge in [-0.1, -0.05) is 53.2 Å². The lowest BCUT2D eigenvalue weighted by molar-refractivity contribution is -0.130. The van der Waals surface area contributed by atoms with Crippen molar-refractivity contribution in [1.29, 1.82) is 0 Å². The zero-order valence-corrected chi connectivity index (χ0v) is 18.5. The lowest BCUT2D eigenvalue weighted by Gasteiger charge is -2.34. The molecule has 0 radical (unpaired) electrons. The molecule has 0 aliphatic carbocycles. The van der Waals surface area contributed by atoms with Crippen molar-refractivity contribution in [2.45, 2.75) is 5.16 Å². The summed E-state index contributed by atoms with van der Waals surface area (Å²) in [5.41, 5.74) is 0.530. The third-order valence-electron chi connectivity index (χ3n) is 4.86. The van der Waals surface area contributed by atoms with Gasteiger partial charge in [0.2, 0.25) is 5.91 Å². The number of aromatic nitrogens is 3. The maximum atomic E-state index is 12.6. The van der Waals surface area contributed by atoms with E-state index in [-0.39, 0.29) is 5.91 Å². The number of ether oxygens (including phenoxy) is 1. The van der Waals surface area contributed by atoms with E-state index >= 15 is 0 Å². The van der Waals surface area contributed by atoms with E-state index in [0.717, 1.165) is 25.4 Å². The molecule has 1 aliphatic heterocycles. The number of para-hydroxylation sites is 1. The minimum atomic E-state index is 0.0880. The van der Waals surface area contributed by atoms with Crippen LogP contribution in [0.15, 0.2) is 47.8 Å². The number of piperazine rings is 1. The van der Waals surface area contributed by atoms with E-state index in [9.17, 15) is 4.79 Å². The van der Waals surface area contributed by atoms with Crippen LogP contribution in [0.3, 0.4) is 0 Å². The monoisotopic (exact) mass is 465 g/mol. The number of hydrogen-bond acceptors (Lipinski definition) is 6. The highest BCUT2D eigenvalue weighted by molar-refractivity contribution is 7.99. The van der Waals surface area contributed by atoms with E-state index in [0.29, 0.717) is 46.3 Å². The highest BCUT2D eigenvalue weighted by atomic mass is 35.5. The van der Waals surface area contributed by atoms with E-state index in [4.69, 9.17) is 27.9 Å². The normalized spacial score (nSPS) is 14.9. The Hall–Kier alpha value is -2.00. The highest BCUT2D eigenvalue weighted by Gasteiger charge is 2.22. The first kappa shape index (κ1) is 21.2. The van der Waals surface area contributed by atoms with E-state index in [1.54, 1.807) is 16.7 Å². The first-order chi connectivity index (χ1) is 14.6. The molecular weight excluding hydrogens is 445 g/mol. The van der Waals surface area contributed by atoms with Gasteiger partial charge < -0.3 is 9.64 Å². The summed E-state index contributed by atoms with van der Waals surface area (Å²) in [5, 5.41) is 9.71. The molecule has 1 amide bonds. The Bertz CT molecular complexity index is 1010. The number of amides is 1. The van der Waals surface area contributed by atoms with Crippen molar-refractivity contribution < 1.29 is 9.53 Å². The number of thioether (sulfide) groups is 1. The summed E-state index contributed by atoms with van der Waals surface area (Å²) in [4.78, 5) is 16.8. The van der Waals surface area contributed by atoms with E-state index in [1.807, 2.05) is 35.2 Å². The molecule has 0 unspecified atom stereocenters. The van der Waals surface area contributed by atoms with Gasteiger partial charge in [0.15, 0.2) is 10.8 Å². The van der Waals surface area contributed by atoms with Gasteiger partial charge in [0, 0.05) is 38.9 Å². The van der Waals surface area contributed by atoms with E-state index in [1.165, 1.54) is 11.8 Å². The number of rotatable bonds is 7. The molecule has 3 aromatic rings. The average Bonchev–Trinajstić information content (AvgIpc) is 3.16. The largest absolute Gasteiger partial charge is 0.492 e. The molecule has 1 fully saturated rings. The number of halogens is 2. The molecule has 0 N–H and O–H groups in total. The second-order valence-corrected chi connectivity index (χ2v) is 8.64. The summed E-state index contributed by atoms with van der Waals surface area (Å²) in [6.45, 7) is 4.59. The third kappa shape index (κ3) is 5.18. The van der Waals surface area contributed by atoms with Crippen molar-refractivity contribution in [2.75, 3.05) is 45.1 Å². The van der Waals surface area contributed by atoms with Crippen LogP contribution >= 0.6 is 35.0 Å². The number of fused-ring (bicyclic) bond motifs is 1. The maximum absolute atomic E-state index is 12.6. The molecule has 0 spiro atoms. The minimum Gasteiger partial charge on any atom is -0.492 e. The smallest absolute Gasteiger partial charge is 0.233 e. The molecule has 10 heteroatoms. The van der Waals surface area contributed by atoms with Crippen LogP contribution in [0.5, 0.6) is 5.75 Å². The fourth-order valence-electron chi connectivity index (χ4n) is 3.25. The molecule has 1 aliphatic rings. The first-order valence-electron chi connectivity index (χ1n) is 9.61. The summed E-state index contributed by atoms with van der Waals surface area (Å²) in [5.74, 6) is 1.26. The maximum Gasteiger partial charge on any atom is 0.233 e. The minimum absolute atomic E-state index is 0.0880. The van der Waals surface area contributed by atoms with Gasteiger partial charge in [0.05, 0.1) is 15.8 Å². The summed E-state index contributed by atoms with van der Waals surface area (Å²) in [6.07, 6.45) is 1.70. The first-order valence-corrected chi connectivity index (χ1v) is 11.3. The Labute approximate surface area is 188 Å². The van der Waals surface area contributed by atoms with Crippen LogP contribution in [0.1, 0.15) is 0 Å². The molecule has 7 nitrogen and oxygen atoms in total. The Morgan fingerprint density at radius 3 is 2.63 bits per heavy atom. The SMILES string of the molecule is O=C(CSc1nnc2c(Cl)cc(Cl)cn12)N1CCN(CCOc2ccccc2)CC1. The lowest BCUT2D eigenvalue weighted by atomic mass is 10.3. The number of hydrogen-bond donors (Lipinski definition) is 0. The molecule has 30 heavy (non-hydrogen) atoms. The van der Waals surface area contributed by atoms with Crippen LogP contribution < -0.4 is 4.74 Å². The fourth-order valence-corrected chi connectivity index (χ4v) is 4.57. The highest BCUT2D eigenvalue weighted by Crippen LogP contribution is 2.25. The van der Waals surface area contributed by atoms with Crippen LogP contribution in [0.25, 0.3) is 5.65 Å². The van der Waals surface area contributed by atoms with Crippen molar-refractivity contribution in [3.63, 3.8) is 0 Å². The van der Waals surface area contributed by atoms with Crippen LogP contribution in [-0.2, 0) is 4.79 Å². The van der Waals surface area contributed by atoms with E-state index < -0.39 is 0 Å². The Morgan fingerprint density at radius 1 is 1.10 bits per heavy atom. The molecule has 4 rings (SSSR count). The number of benzene rings is 1. The molecular formula is C20H21Cl2N5O2S. The van der Waals surface area contributed by atoms with Gasteiger partial charge in [-0.05, 0) is 18.2 Å². The van der Waals surface area contributed by atoms with Crippen molar-refractivity contribution in [1.82, 2.24) is 24.4 Å². The molecule has 3 heterocycles. The second-order valence-electron chi connectivity index (χ2n) is 6.86. The lowest BCUT2D eigenvalue weighted by Crippen LogP contribution is -2.50. The average molecular weight is 466 g/mol. The summed E-state index contributed by atoms with van der Waals surface area (Å²) < 4.78 is 7.47. The zero-order chi connectivity index (χ0) is 20.9. The van der Waals surface area contributed by atoms with Gasteiger partial charge in [-0.15, -0.1) is 10.2 Å². The van der Waals surface area contributed by atoms with Gasteiger partial charge in [-0.25, -0.2) is 0 Å². The van der Waals surface area contributed by atoms with Gasteiger partial charge in [0.1, 0.15) is 12.4 Å².